The Morgan fingerprint density at radius 2 is 1.79 bits per heavy atom. The molecule has 0 aromatic heterocycles. The van der Waals surface area contributed by atoms with Gasteiger partial charge in [-0.25, -0.2) is 17.2 Å². The zero-order chi connectivity index (χ0) is 20.3. The summed E-state index contributed by atoms with van der Waals surface area (Å²) in [5.41, 5.74) is 1.02. The molecular weight excluding hydrogens is 388 g/mol. The van der Waals surface area contributed by atoms with Crippen LogP contribution in [0.1, 0.15) is 5.56 Å². The first-order chi connectivity index (χ1) is 13.3. The average molecular weight is 409 g/mol. The standard InChI is InChI=1S/C19H21F2N3O3S/c1-14-5-6-16(12-18(14)21)22-13-19(25)23-7-9-24(10-8-23)28(26,27)17-4-2-3-15(20)11-17/h2-6,11-12,22H,7-10,13H2,1H3. The Labute approximate surface area is 162 Å². The summed E-state index contributed by atoms with van der Waals surface area (Å²) in [4.78, 5) is 13.8. The number of nitrogens with one attached hydrogen (secondary N) is 1. The number of rotatable bonds is 5. The van der Waals surface area contributed by atoms with Gasteiger partial charge in [0.1, 0.15) is 11.6 Å². The van der Waals surface area contributed by atoms with Crippen molar-refractivity contribution in [3.05, 3.63) is 59.7 Å². The minimum atomic E-state index is -3.80. The van der Waals surface area contributed by atoms with Crippen LogP contribution in [0.5, 0.6) is 0 Å². The van der Waals surface area contributed by atoms with Crippen molar-refractivity contribution in [1.82, 2.24) is 9.21 Å². The molecule has 1 heterocycles. The van der Waals surface area contributed by atoms with E-state index in [1.165, 1.54) is 28.6 Å². The van der Waals surface area contributed by atoms with E-state index in [0.29, 0.717) is 11.3 Å². The summed E-state index contributed by atoms with van der Waals surface area (Å²) < 4.78 is 53.3. The van der Waals surface area contributed by atoms with Gasteiger partial charge in [0, 0.05) is 31.9 Å². The number of sulfonamides is 1. The number of piperazine rings is 1. The quantitative estimate of drug-likeness (QED) is 0.822. The Bertz CT molecular complexity index is 974. The molecule has 0 radical (unpaired) electrons. The highest BCUT2D eigenvalue weighted by Crippen LogP contribution is 2.19. The third kappa shape index (κ3) is 4.48. The van der Waals surface area contributed by atoms with Crippen molar-refractivity contribution in [3.63, 3.8) is 0 Å². The van der Waals surface area contributed by atoms with Crippen LogP contribution in [0.3, 0.4) is 0 Å². The Balaban J connectivity index is 1.55. The summed E-state index contributed by atoms with van der Waals surface area (Å²) in [5.74, 6) is -1.18. The second-order valence-electron chi connectivity index (χ2n) is 6.56. The molecule has 1 saturated heterocycles. The van der Waals surface area contributed by atoms with Gasteiger partial charge < -0.3 is 10.2 Å². The number of hydrogen-bond acceptors (Lipinski definition) is 4. The van der Waals surface area contributed by atoms with E-state index in [0.717, 1.165) is 6.07 Å². The van der Waals surface area contributed by atoms with Crippen molar-refractivity contribution in [2.75, 3.05) is 38.0 Å². The van der Waals surface area contributed by atoms with Crippen molar-refractivity contribution in [2.45, 2.75) is 11.8 Å². The minimum absolute atomic E-state index is 0.0147. The lowest BCUT2D eigenvalue weighted by Gasteiger charge is -2.34. The molecule has 0 unspecified atom stereocenters. The lowest BCUT2D eigenvalue weighted by molar-refractivity contribution is -0.130. The fraction of sp³-hybridized carbons (Fsp3) is 0.316. The van der Waals surface area contributed by atoms with Crippen LogP contribution in [0.15, 0.2) is 47.4 Å². The number of aryl methyl sites for hydroxylation is 1. The summed E-state index contributed by atoms with van der Waals surface area (Å²) in [5, 5.41) is 2.88. The van der Waals surface area contributed by atoms with Gasteiger partial charge in [0.2, 0.25) is 15.9 Å². The molecule has 6 nitrogen and oxygen atoms in total. The molecule has 1 aliphatic heterocycles. The van der Waals surface area contributed by atoms with Crippen LogP contribution in [0.4, 0.5) is 14.5 Å². The highest BCUT2D eigenvalue weighted by atomic mass is 32.2. The van der Waals surface area contributed by atoms with E-state index in [4.69, 9.17) is 0 Å². The fourth-order valence-corrected chi connectivity index (χ4v) is 4.40. The molecule has 1 aliphatic rings. The smallest absolute Gasteiger partial charge is 0.243 e. The van der Waals surface area contributed by atoms with Crippen molar-refractivity contribution < 1.29 is 22.0 Å². The lowest BCUT2D eigenvalue weighted by Crippen LogP contribution is -2.51. The van der Waals surface area contributed by atoms with Crippen LogP contribution in [0, 0.1) is 18.6 Å². The zero-order valence-corrected chi connectivity index (χ0v) is 16.2. The molecule has 2 aromatic carbocycles. The Morgan fingerprint density at radius 3 is 2.43 bits per heavy atom. The molecule has 1 N–H and O–H groups in total. The predicted molar refractivity (Wildman–Crippen MR) is 101 cm³/mol. The second-order valence-corrected chi connectivity index (χ2v) is 8.50. The SMILES string of the molecule is Cc1ccc(NCC(=O)N2CCN(S(=O)(=O)c3cccc(F)c3)CC2)cc1F. The number of carbonyl (C=O) groups excluding carboxylic acids is 1. The van der Waals surface area contributed by atoms with E-state index in [-0.39, 0.29) is 49.3 Å². The Hall–Kier alpha value is -2.52. The number of amides is 1. The highest BCUT2D eigenvalue weighted by molar-refractivity contribution is 7.89. The molecule has 0 aliphatic carbocycles. The van der Waals surface area contributed by atoms with Gasteiger partial charge >= 0.3 is 0 Å². The van der Waals surface area contributed by atoms with Gasteiger partial charge in [0.15, 0.2) is 0 Å². The molecule has 0 atom stereocenters. The van der Waals surface area contributed by atoms with Crippen LogP contribution < -0.4 is 5.32 Å². The van der Waals surface area contributed by atoms with Gasteiger partial charge in [-0.3, -0.25) is 4.79 Å². The van der Waals surface area contributed by atoms with Crippen LogP contribution in [-0.2, 0) is 14.8 Å². The number of carbonyl (C=O) groups is 1. The van der Waals surface area contributed by atoms with E-state index < -0.39 is 15.8 Å². The van der Waals surface area contributed by atoms with Crippen LogP contribution in [-0.4, -0.2) is 56.3 Å². The fourth-order valence-electron chi connectivity index (χ4n) is 2.95. The van der Waals surface area contributed by atoms with Crippen molar-refractivity contribution >= 4 is 21.6 Å². The molecule has 9 heteroatoms. The summed E-state index contributed by atoms with van der Waals surface area (Å²) in [6.45, 7) is 2.36. The number of halogens is 2. The second kappa shape index (κ2) is 8.24. The number of nitrogens with zero attached hydrogens (tertiary/aromatic N) is 2. The van der Waals surface area contributed by atoms with Gasteiger partial charge in [0.05, 0.1) is 11.4 Å². The van der Waals surface area contributed by atoms with Gasteiger partial charge in [-0.05, 0) is 42.8 Å². The summed E-state index contributed by atoms with van der Waals surface area (Å²) in [6.07, 6.45) is 0. The van der Waals surface area contributed by atoms with E-state index in [1.807, 2.05) is 0 Å². The van der Waals surface area contributed by atoms with Gasteiger partial charge in [-0.2, -0.15) is 4.31 Å². The maximum absolute atomic E-state index is 13.6. The summed E-state index contributed by atoms with van der Waals surface area (Å²) in [6, 6.07) is 9.50. The lowest BCUT2D eigenvalue weighted by atomic mass is 10.2. The normalized spacial score (nSPS) is 15.5. The molecular formula is C19H21F2N3O3S. The Morgan fingerprint density at radius 1 is 1.07 bits per heavy atom. The first-order valence-electron chi connectivity index (χ1n) is 8.81. The number of benzene rings is 2. The van der Waals surface area contributed by atoms with E-state index in [2.05, 4.69) is 5.32 Å². The third-order valence-corrected chi connectivity index (χ3v) is 6.54. The molecule has 150 valence electrons. The van der Waals surface area contributed by atoms with Crippen LogP contribution in [0.25, 0.3) is 0 Å². The molecule has 0 saturated carbocycles. The molecule has 3 rings (SSSR count). The summed E-state index contributed by atoms with van der Waals surface area (Å²) >= 11 is 0. The molecule has 28 heavy (non-hydrogen) atoms. The number of hydrogen-bond donors (Lipinski definition) is 1. The highest BCUT2D eigenvalue weighted by Gasteiger charge is 2.30. The van der Waals surface area contributed by atoms with E-state index in [9.17, 15) is 22.0 Å². The first-order valence-corrected chi connectivity index (χ1v) is 10.2. The van der Waals surface area contributed by atoms with E-state index in [1.54, 1.807) is 24.0 Å². The van der Waals surface area contributed by atoms with Gasteiger partial charge in [0.25, 0.3) is 0 Å². The topological polar surface area (TPSA) is 69.7 Å². The zero-order valence-electron chi connectivity index (χ0n) is 15.4. The maximum Gasteiger partial charge on any atom is 0.243 e. The summed E-state index contributed by atoms with van der Waals surface area (Å²) in [7, 11) is -3.80. The van der Waals surface area contributed by atoms with E-state index >= 15 is 0 Å². The van der Waals surface area contributed by atoms with Gasteiger partial charge in [-0.1, -0.05) is 12.1 Å². The predicted octanol–water partition coefficient (Wildman–Crippen LogP) is 2.22. The molecule has 0 bridgehead atoms. The maximum atomic E-state index is 13.6. The van der Waals surface area contributed by atoms with Crippen LogP contribution >= 0.6 is 0 Å². The van der Waals surface area contributed by atoms with Crippen LogP contribution in [0.2, 0.25) is 0 Å². The average Bonchev–Trinajstić information content (AvgIpc) is 2.68. The first kappa shape index (κ1) is 20.2. The van der Waals surface area contributed by atoms with Crippen molar-refractivity contribution in [3.8, 4) is 0 Å². The van der Waals surface area contributed by atoms with Crippen molar-refractivity contribution in [1.29, 1.82) is 0 Å². The molecule has 0 spiro atoms. The molecule has 2 aromatic rings. The molecule has 1 amide bonds. The van der Waals surface area contributed by atoms with Crippen molar-refractivity contribution in [2.24, 2.45) is 0 Å². The van der Waals surface area contributed by atoms with Gasteiger partial charge in [-0.15, -0.1) is 0 Å². The Kier molecular flexibility index (Phi) is 5.95. The largest absolute Gasteiger partial charge is 0.376 e. The molecule has 1 fully saturated rings. The third-order valence-electron chi connectivity index (χ3n) is 4.64. The number of anilines is 1. The minimum Gasteiger partial charge on any atom is -0.376 e. The monoisotopic (exact) mass is 409 g/mol.